The van der Waals surface area contributed by atoms with Crippen LogP contribution in [0.2, 0.25) is 5.02 Å². The van der Waals surface area contributed by atoms with Gasteiger partial charge in [0.1, 0.15) is 17.9 Å². The van der Waals surface area contributed by atoms with E-state index in [9.17, 15) is 14.5 Å². The van der Waals surface area contributed by atoms with Crippen molar-refractivity contribution in [3.05, 3.63) is 74.8 Å². The van der Waals surface area contributed by atoms with E-state index in [0.717, 1.165) is 23.5 Å². The average Bonchev–Trinajstić information content (AvgIpc) is 2.57. The molecule has 1 N–H and O–H groups in total. The smallest absolute Gasteiger partial charge is 0.373 e. The van der Waals surface area contributed by atoms with E-state index in [-0.39, 0.29) is 16.7 Å². The molecule has 9 heteroatoms. The molecule has 3 aromatic rings. The molecule has 0 spiro atoms. The van der Waals surface area contributed by atoms with Gasteiger partial charge in [-0.2, -0.15) is 4.98 Å². The fourth-order valence-corrected chi connectivity index (χ4v) is 2.69. The SMILES string of the molecule is Cc1cc(C)cc(Oc2ncnc(Nc3ccc(F)c(Cl)c3)c2[N+](=O)[O-])c1. The molecule has 0 amide bonds. The van der Waals surface area contributed by atoms with Crippen LogP contribution in [0.4, 0.5) is 21.6 Å². The third-order valence-electron chi connectivity index (χ3n) is 3.56. The number of hydrogen-bond donors (Lipinski definition) is 1. The highest BCUT2D eigenvalue weighted by atomic mass is 35.5. The Morgan fingerprint density at radius 3 is 2.48 bits per heavy atom. The molecule has 0 saturated carbocycles. The van der Waals surface area contributed by atoms with Crippen molar-refractivity contribution >= 4 is 28.8 Å². The summed E-state index contributed by atoms with van der Waals surface area (Å²) in [5.41, 5.74) is 1.78. The first-order chi connectivity index (χ1) is 12.8. The van der Waals surface area contributed by atoms with Crippen LogP contribution in [-0.4, -0.2) is 14.9 Å². The quantitative estimate of drug-likeness (QED) is 0.469. The first kappa shape index (κ1) is 18.5. The first-order valence-corrected chi connectivity index (χ1v) is 8.19. The van der Waals surface area contributed by atoms with Crippen LogP contribution in [0.25, 0.3) is 0 Å². The second-order valence-electron chi connectivity index (χ2n) is 5.81. The molecule has 138 valence electrons. The first-order valence-electron chi connectivity index (χ1n) is 7.81. The van der Waals surface area contributed by atoms with E-state index in [1.54, 1.807) is 12.1 Å². The normalized spacial score (nSPS) is 10.5. The van der Waals surface area contributed by atoms with Crippen LogP contribution in [0.3, 0.4) is 0 Å². The van der Waals surface area contributed by atoms with Gasteiger partial charge in [-0.15, -0.1) is 0 Å². The molecule has 0 aliphatic heterocycles. The number of benzene rings is 2. The number of halogens is 2. The van der Waals surface area contributed by atoms with E-state index in [1.807, 2.05) is 19.9 Å². The van der Waals surface area contributed by atoms with Gasteiger partial charge >= 0.3 is 11.6 Å². The molecule has 7 nitrogen and oxygen atoms in total. The lowest BCUT2D eigenvalue weighted by Crippen LogP contribution is -2.03. The van der Waals surface area contributed by atoms with Crippen LogP contribution in [0, 0.1) is 29.8 Å². The second kappa shape index (κ2) is 7.55. The maximum atomic E-state index is 13.3. The lowest BCUT2D eigenvalue weighted by atomic mass is 10.1. The Morgan fingerprint density at radius 1 is 1.15 bits per heavy atom. The van der Waals surface area contributed by atoms with Crippen molar-refractivity contribution in [1.29, 1.82) is 0 Å². The van der Waals surface area contributed by atoms with E-state index in [0.29, 0.717) is 11.4 Å². The highest BCUT2D eigenvalue weighted by Crippen LogP contribution is 2.36. The van der Waals surface area contributed by atoms with Crippen LogP contribution >= 0.6 is 11.6 Å². The summed E-state index contributed by atoms with van der Waals surface area (Å²) in [6.45, 7) is 3.78. The van der Waals surface area contributed by atoms with E-state index in [4.69, 9.17) is 16.3 Å². The number of nitrogens with one attached hydrogen (secondary N) is 1. The molecule has 27 heavy (non-hydrogen) atoms. The van der Waals surface area contributed by atoms with E-state index in [1.165, 1.54) is 12.1 Å². The van der Waals surface area contributed by atoms with Crippen LogP contribution in [-0.2, 0) is 0 Å². The Balaban J connectivity index is 1.99. The lowest BCUT2D eigenvalue weighted by Gasteiger charge is -2.10. The van der Waals surface area contributed by atoms with Gasteiger partial charge in [0, 0.05) is 5.69 Å². The molecule has 0 fully saturated rings. The highest BCUT2D eigenvalue weighted by molar-refractivity contribution is 6.31. The zero-order chi connectivity index (χ0) is 19.6. The topological polar surface area (TPSA) is 90.2 Å². The van der Waals surface area contributed by atoms with Crippen molar-refractivity contribution < 1.29 is 14.1 Å². The molecule has 0 bridgehead atoms. The molecule has 3 rings (SSSR count). The molecule has 1 aromatic heterocycles. The van der Waals surface area contributed by atoms with Crippen LogP contribution in [0.1, 0.15) is 11.1 Å². The Kier molecular flexibility index (Phi) is 5.18. The highest BCUT2D eigenvalue weighted by Gasteiger charge is 2.25. The number of anilines is 2. The molecule has 2 aromatic carbocycles. The van der Waals surface area contributed by atoms with Crippen molar-refractivity contribution in [3.63, 3.8) is 0 Å². The van der Waals surface area contributed by atoms with Gasteiger partial charge in [-0.1, -0.05) is 17.7 Å². The largest absolute Gasteiger partial charge is 0.434 e. The lowest BCUT2D eigenvalue weighted by molar-refractivity contribution is -0.385. The number of hydrogen-bond acceptors (Lipinski definition) is 6. The molecular weight excluding hydrogens is 375 g/mol. The number of rotatable bonds is 5. The Hall–Kier alpha value is -3.26. The summed E-state index contributed by atoms with van der Waals surface area (Å²) >= 11 is 5.74. The fraction of sp³-hybridized carbons (Fsp3) is 0.111. The number of ether oxygens (including phenoxy) is 1. The summed E-state index contributed by atoms with van der Waals surface area (Å²) < 4.78 is 18.9. The van der Waals surface area contributed by atoms with Gasteiger partial charge in [0.2, 0.25) is 5.82 Å². The van der Waals surface area contributed by atoms with Gasteiger partial charge in [0.25, 0.3) is 0 Å². The molecule has 0 aliphatic carbocycles. The zero-order valence-corrected chi connectivity index (χ0v) is 15.1. The van der Waals surface area contributed by atoms with Crippen LogP contribution in [0.15, 0.2) is 42.7 Å². The van der Waals surface area contributed by atoms with Crippen molar-refractivity contribution in [2.45, 2.75) is 13.8 Å². The van der Waals surface area contributed by atoms with E-state index in [2.05, 4.69) is 15.3 Å². The van der Waals surface area contributed by atoms with Gasteiger partial charge in [-0.25, -0.2) is 9.37 Å². The van der Waals surface area contributed by atoms with Crippen LogP contribution in [0.5, 0.6) is 11.6 Å². The maximum absolute atomic E-state index is 13.3. The van der Waals surface area contributed by atoms with Crippen molar-refractivity contribution in [2.75, 3.05) is 5.32 Å². The molecule has 0 atom stereocenters. The average molecular weight is 389 g/mol. The number of aryl methyl sites for hydroxylation is 2. The van der Waals surface area contributed by atoms with E-state index < -0.39 is 16.4 Å². The molecule has 0 radical (unpaired) electrons. The maximum Gasteiger partial charge on any atom is 0.373 e. The van der Waals surface area contributed by atoms with Gasteiger partial charge in [-0.3, -0.25) is 10.1 Å². The molecule has 1 heterocycles. The van der Waals surface area contributed by atoms with Crippen molar-refractivity contribution in [2.24, 2.45) is 0 Å². The minimum atomic E-state index is -0.647. The van der Waals surface area contributed by atoms with Crippen molar-refractivity contribution in [3.8, 4) is 11.6 Å². The Bertz CT molecular complexity index is 1010. The summed E-state index contributed by atoms with van der Waals surface area (Å²) in [6.07, 6.45) is 1.14. The standard InChI is InChI=1S/C18H14ClFN4O3/c1-10-5-11(2)7-13(6-10)27-18-16(24(25)26)17(21-9-22-18)23-12-3-4-15(20)14(19)8-12/h3-9H,1-2H3,(H,21,22,23). The number of nitro groups is 1. The predicted molar refractivity (Wildman–Crippen MR) is 99.4 cm³/mol. The van der Waals surface area contributed by atoms with Gasteiger partial charge in [0.15, 0.2) is 0 Å². The minimum absolute atomic E-state index is 0.1000. The molecule has 0 aliphatic rings. The fourth-order valence-electron chi connectivity index (χ4n) is 2.51. The number of nitrogens with zero attached hydrogens (tertiary/aromatic N) is 3. The summed E-state index contributed by atoms with van der Waals surface area (Å²) in [5, 5.41) is 14.2. The van der Waals surface area contributed by atoms with Crippen LogP contribution < -0.4 is 10.1 Å². The van der Waals surface area contributed by atoms with Gasteiger partial charge in [-0.05, 0) is 55.3 Å². The molecule has 0 saturated heterocycles. The molecular formula is C18H14ClFN4O3. The summed E-state index contributed by atoms with van der Waals surface area (Å²) in [6, 6.07) is 9.26. The zero-order valence-electron chi connectivity index (χ0n) is 14.4. The second-order valence-corrected chi connectivity index (χ2v) is 6.22. The Morgan fingerprint density at radius 2 is 1.85 bits per heavy atom. The predicted octanol–water partition coefficient (Wildman–Crippen LogP) is 5.33. The minimum Gasteiger partial charge on any atom is -0.434 e. The Labute approximate surface area is 158 Å². The summed E-state index contributed by atoms with van der Waals surface area (Å²) in [4.78, 5) is 18.7. The monoisotopic (exact) mass is 388 g/mol. The summed E-state index contributed by atoms with van der Waals surface area (Å²) in [7, 11) is 0. The summed E-state index contributed by atoms with van der Waals surface area (Å²) in [5.74, 6) is -0.490. The number of aromatic nitrogens is 2. The third-order valence-corrected chi connectivity index (χ3v) is 3.85. The van der Waals surface area contributed by atoms with E-state index >= 15 is 0 Å². The third kappa shape index (κ3) is 4.29. The van der Waals surface area contributed by atoms with Gasteiger partial charge < -0.3 is 10.1 Å². The molecule has 0 unspecified atom stereocenters. The van der Waals surface area contributed by atoms with Crippen molar-refractivity contribution in [1.82, 2.24) is 9.97 Å². The van der Waals surface area contributed by atoms with Gasteiger partial charge in [0.05, 0.1) is 9.95 Å².